The lowest BCUT2D eigenvalue weighted by Crippen LogP contribution is -2.32. The number of aliphatic hydroxyl groups excluding tert-OH is 2. The normalized spacial score (nSPS) is 27.1. The second-order valence-corrected chi connectivity index (χ2v) is 5.63. The summed E-state index contributed by atoms with van der Waals surface area (Å²) < 4.78 is 18.5. The molecule has 2 aliphatic rings. The van der Waals surface area contributed by atoms with Gasteiger partial charge in [0.05, 0.1) is 39.6 Å². The molecule has 0 radical (unpaired) electrons. The zero-order valence-corrected chi connectivity index (χ0v) is 14.5. The Labute approximate surface area is 148 Å². The first kappa shape index (κ1) is 19.3. The number of hydrogen-bond donors (Lipinski definition) is 2. The highest BCUT2D eigenvalue weighted by molar-refractivity contribution is 6.00. The second-order valence-electron chi connectivity index (χ2n) is 5.63. The van der Waals surface area contributed by atoms with Crippen LogP contribution in [0.3, 0.4) is 0 Å². The number of fused-ring (bicyclic) bond motifs is 1. The summed E-state index contributed by atoms with van der Waals surface area (Å²) in [5.41, 5.74) is -0.817. The first-order valence-corrected chi connectivity index (χ1v) is 7.45. The maximum Gasteiger partial charge on any atom is 0.337 e. The number of methoxy groups -OCH3 is 4. The van der Waals surface area contributed by atoms with Gasteiger partial charge in [0, 0.05) is 11.8 Å². The largest absolute Gasteiger partial charge is 0.511 e. The van der Waals surface area contributed by atoms with Crippen molar-refractivity contribution in [2.75, 3.05) is 28.4 Å². The number of carbonyl (C=O) groups excluding carboxylic acids is 4. The molecule has 0 unspecified atom stereocenters. The van der Waals surface area contributed by atoms with Crippen molar-refractivity contribution in [2.24, 2.45) is 23.7 Å². The van der Waals surface area contributed by atoms with Gasteiger partial charge in [-0.1, -0.05) is 0 Å². The highest BCUT2D eigenvalue weighted by atomic mass is 16.5. The predicted octanol–water partition coefficient (Wildman–Crippen LogP) is -0.205. The molecular weight excluding hydrogens is 352 g/mol. The van der Waals surface area contributed by atoms with Crippen LogP contribution in [0.4, 0.5) is 0 Å². The van der Waals surface area contributed by atoms with Crippen LogP contribution in [0.5, 0.6) is 0 Å². The lowest BCUT2D eigenvalue weighted by molar-refractivity contribution is -0.150. The molecule has 2 rings (SSSR count). The summed E-state index contributed by atoms with van der Waals surface area (Å²) in [5, 5.41) is 20.9. The SMILES string of the molecule is COC(=O)C1=C(O)[C@H](C(=O)OC)[C@@H]2C(C(=O)OC)=C(O)[C@@H](C(=O)OC)[C@@H]12. The van der Waals surface area contributed by atoms with Gasteiger partial charge < -0.3 is 29.2 Å². The summed E-state index contributed by atoms with van der Waals surface area (Å²) in [7, 11) is 4.18. The topological polar surface area (TPSA) is 146 Å². The first-order valence-electron chi connectivity index (χ1n) is 7.45. The van der Waals surface area contributed by atoms with Crippen LogP contribution >= 0.6 is 0 Å². The van der Waals surface area contributed by atoms with Gasteiger partial charge in [-0.25, -0.2) is 9.59 Å². The van der Waals surface area contributed by atoms with Gasteiger partial charge in [-0.2, -0.15) is 0 Å². The van der Waals surface area contributed by atoms with Crippen LogP contribution in [0.15, 0.2) is 22.7 Å². The van der Waals surface area contributed by atoms with E-state index in [-0.39, 0.29) is 0 Å². The number of rotatable bonds is 4. The lowest BCUT2D eigenvalue weighted by Gasteiger charge is -2.21. The number of ether oxygens (including phenoxy) is 4. The van der Waals surface area contributed by atoms with Crippen LogP contribution in [0, 0.1) is 23.7 Å². The van der Waals surface area contributed by atoms with Crippen molar-refractivity contribution in [3.05, 3.63) is 22.7 Å². The quantitative estimate of drug-likeness (QED) is 0.503. The summed E-state index contributed by atoms with van der Waals surface area (Å²) in [5.74, 6) is -10.8. The van der Waals surface area contributed by atoms with Crippen LogP contribution in [0.1, 0.15) is 0 Å². The monoisotopic (exact) mass is 370 g/mol. The Morgan fingerprint density at radius 2 is 0.962 bits per heavy atom. The molecule has 10 heteroatoms. The average molecular weight is 370 g/mol. The average Bonchev–Trinajstić information content (AvgIpc) is 3.08. The zero-order chi connectivity index (χ0) is 19.8. The molecule has 0 aliphatic heterocycles. The predicted molar refractivity (Wildman–Crippen MR) is 81.3 cm³/mol. The van der Waals surface area contributed by atoms with E-state index in [1.807, 2.05) is 0 Å². The second kappa shape index (κ2) is 7.06. The van der Waals surface area contributed by atoms with Crippen LogP contribution in [-0.4, -0.2) is 62.5 Å². The van der Waals surface area contributed by atoms with E-state index in [9.17, 15) is 29.4 Å². The van der Waals surface area contributed by atoms with Gasteiger partial charge in [-0.05, 0) is 0 Å². The van der Waals surface area contributed by atoms with Gasteiger partial charge in [0.25, 0.3) is 0 Å². The van der Waals surface area contributed by atoms with E-state index in [2.05, 4.69) is 18.9 Å². The van der Waals surface area contributed by atoms with Crippen molar-refractivity contribution in [3.63, 3.8) is 0 Å². The van der Waals surface area contributed by atoms with Gasteiger partial charge in [0.2, 0.25) is 0 Å². The maximum absolute atomic E-state index is 12.2. The summed E-state index contributed by atoms with van der Waals surface area (Å²) in [4.78, 5) is 48.7. The molecule has 26 heavy (non-hydrogen) atoms. The summed E-state index contributed by atoms with van der Waals surface area (Å²) >= 11 is 0. The van der Waals surface area contributed by atoms with Gasteiger partial charge >= 0.3 is 23.9 Å². The molecule has 142 valence electrons. The van der Waals surface area contributed by atoms with Crippen LogP contribution in [-0.2, 0) is 38.1 Å². The highest BCUT2D eigenvalue weighted by Gasteiger charge is 2.63. The molecule has 0 saturated carbocycles. The molecule has 0 aromatic carbocycles. The molecule has 0 heterocycles. The first-order chi connectivity index (χ1) is 12.3. The molecule has 0 spiro atoms. The number of esters is 4. The van der Waals surface area contributed by atoms with Crippen molar-refractivity contribution in [2.45, 2.75) is 0 Å². The molecule has 0 fully saturated rings. The van der Waals surface area contributed by atoms with E-state index >= 15 is 0 Å². The molecular formula is C16H18O10. The fourth-order valence-corrected chi connectivity index (χ4v) is 3.60. The third kappa shape index (κ3) is 2.57. The Balaban J connectivity index is 2.74. The lowest BCUT2D eigenvalue weighted by atomic mass is 9.81. The molecule has 0 saturated heterocycles. The van der Waals surface area contributed by atoms with Crippen LogP contribution in [0.2, 0.25) is 0 Å². The van der Waals surface area contributed by atoms with E-state index in [4.69, 9.17) is 0 Å². The van der Waals surface area contributed by atoms with E-state index in [0.29, 0.717) is 0 Å². The number of carbonyl (C=O) groups is 4. The molecule has 0 aromatic heterocycles. The molecule has 4 atom stereocenters. The Hall–Kier alpha value is -3.04. The van der Waals surface area contributed by atoms with E-state index in [0.717, 1.165) is 28.4 Å². The zero-order valence-electron chi connectivity index (χ0n) is 14.5. The van der Waals surface area contributed by atoms with Crippen molar-refractivity contribution < 1.29 is 48.3 Å². The highest BCUT2D eigenvalue weighted by Crippen LogP contribution is 2.56. The molecule has 0 aromatic rings. The Bertz CT molecular complexity index is 669. The standard InChI is InChI=1S/C16H18O10/c1-23-13(19)7-5-6(9(11(7)17)15(21)25-3)10(16(22)26-4)12(18)8(5)14(20)24-2/h5-7,10,17-18H,1-4H3/t5-,6-,7-,10+. The van der Waals surface area contributed by atoms with E-state index < -0.39 is 70.2 Å². The number of aliphatic hydroxyl groups is 2. The smallest absolute Gasteiger partial charge is 0.337 e. The minimum absolute atomic E-state index is 0.409. The van der Waals surface area contributed by atoms with Crippen LogP contribution < -0.4 is 0 Å². The molecule has 10 nitrogen and oxygen atoms in total. The molecule has 0 amide bonds. The maximum atomic E-state index is 12.2. The van der Waals surface area contributed by atoms with E-state index in [1.165, 1.54) is 0 Å². The number of hydrogen-bond acceptors (Lipinski definition) is 10. The van der Waals surface area contributed by atoms with E-state index in [1.54, 1.807) is 0 Å². The minimum Gasteiger partial charge on any atom is -0.511 e. The van der Waals surface area contributed by atoms with Crippen molar-refractivity contribution >= 4 is 23.9 Å². The Kier molecular flexibility index (Phi) is 5.24. The third-order valence-electron chi connectivity index (χ3n) is 4.63. The Morgan fingerprint density at radius 1 is 0.654 bits per heavy atom. The molecule has 2 aliphatic carbocycles. The van der Waals surface area contributed by atoms with Gasteiger partial charge in [-0.15, -0.1) is 0 Å². The fourth-order valence-electron chi connectivity index (χ4n) is 3.60. The van der Waals surface area contributed by atoms with Crippen molar-refractivity contribution in [1.29, 1.82) is 0 Å². The molecule has 0 bridgehead atoms. The summed E-state index contributed by atoms with van der Waals surface area (Å²) in [6, 6.07) is 0. The van der Waals surface area contributed by atoms with Gasteiger partial charge in [0.15, 0.2) is 0 Å². The van der Waals surface area contributed by atoms with Gasteiger partial charge in [0.1, 0.15) is 23.4 Å². The minimum atomic E-state index is -1.50. The third-order valence-corrected chi connectivity index (χ3v) is 4.63. The van der Waals surface area contributed by atoms with Crippen LogP contribution in [0.25, 0.3) is 0 Å². The van der Waals surface area contributed by atoms with Crippen molar-refractivity contribution in [3.8, 4) is 0 Å². The molecule has 2 N–H and O–H groups in total. The van der Waals surface area contributed by atoms with Crippen molar-refractivity contribution in [1.82, 2.24) is 0 Å². The van der Waals surface area contributed by atoms with Gasteiger partial charge in [-0.3, -0.25) is 9.59 Å². The summed E-state index contributed by atoms with van der Waals surface area (Å²) in [6.45, 7) is 0. The fraction of sp³-hybridized carbons (Fsp3) is 0.500. The Morgan fingerprint density at radius 3 is 1.19 bits per heavy atom. The summed E-state index contributed by atoms with van der Waals surface area (Å²) in [6.07, 6.45) is 0.